The van der Waals surface area contributed by atoms with Crippen molar-refractivity contribution in [2.45, 2.75) is 6.54 Å². The third-order valence-electron chi connectivity index (χ3n) is 2.23. The van der Waals surface area contributed by atoms with Crippen molar-refractivity contribution in [1.82, 2.24) is 4.98 Å². The Bertz CT molecular complexity index is 578. The molecule has 94 valence electrons. The molecule has 1 aromatic carbocycles. The van der Waals surface area contributed by atoms with Crippen LogP contribution in [-0.4, -0.2) is 4.98 Å². The van der Waals surface area contributed by atoms with Gasteiger partial charge in [0.25, 0.3) is 0 Å². The van der Waals surface area contributed by atoms with Gasteiger partial charge in [-0.1, -0.05) is 29.3 Å². The molecule has 0 spiro atoms. The fourth-order valence-electron chi connectivity index (χ4n) is 1.35. The van der Waals surface area contributed by atoms with Crippen molar-refractivity contribution in [3.63, 3.8) is 0 Å². The number of pyridine rings is 1. The highest BCUT2D eigenvalue weighted by molar-refractivity contribution is 9.10. The largest absolute Gasteiger partial charge is 0.438 e. The van der Waals surface area contributed by atoms with Crippen LogP contribution in [0.1, 0.15) is 5.56 Å². The molecule has 0 aliphatic rings. The summed E-state index contributed by atoms with van der Waals surface area (Å²) in [7, 11) is 0. The number of hydrogen-bond donors (Lipinski definition) is 1. The first-order valence-electron chi connectivity index (χ1n) is 5.07. The molecule has 0 fully saturated rings. The van der Waals surface area contributed by atoms with Crippen LogP contribution in [0.2, 0.25) is 10.0 Å². The van der Waals surface area contributed by atoms with Crippen molar-refractivity contribution < 1.29 is 4.74 Å². The number of rotatable bonds is 3. The molecule has 2 rings (SSSR count). The molecule has 6 heteroatoms. The molecule has 0 bridgehead atoms. The van der Waals surface area contributed by atoms with Gasteiger partial charge in [0.15, 0.2) is 0 Å². The average Bonchev–Trinajstić information content (AvgIpc) is 2.33. The van der Waals surface area contributed by atoms with Crippen molar-refractivity contribution in [3.8, 4) is 11.6 Å². The SMILES string of the molecule is NCc1ccc(Oc2ncc(Cl)cc2Br)cc1Cl. The van der Waals surface area contributed by atoms with Crippen molar-refractivity contribution in [1.29, 1.82) is 0 Å². The summed E-state index contributed by atoms with van der Waals surface area (Å²) in [5.41, 5.74) is 6.40. The van der Waals surface area contributed by atoms with Gasteiger partial charge in [-0.05, 0) is 39.7 Å². The minimum atomic E-state index is 0.391. The summed E-state index contributed by atoms with van der Waals surface area (Å²) in [6.07, 6.45) is 1.51. The standard InChI is InChI=1S/C12H9BrCl2N2O/c13-10-3-8(14)6-17-12(10)18-9-2-1-7(5-16)11(15)4-9/h1-4,6H,5,16H2. The van der Waals surface area contributed by atoms with E-state index in [1.807, 2.05) is 6.07 Å². The van der Waals surface area contributed by atoms with Gasteiger partial charge in [0.05, 0.1) is 9.50 Å². The maximum Gasteiger partial charge on any atom is 0.233 e. The Hall–Kier alpha value is -0.810. The second kappa shape index (κ2) is 5.89. The maximum absolute atomic E-state index is 6.05. The Labute approximate surface area is 123 Å². The summed E-state index contributed by atoms with van der Waals surface area (Å²) >= 11 is 15.2. The molecule has 1 heterocycles. The predicted molar refractivity (Wildman–Crippen MR) is 76.4 cm³/mol. The molecule has 0 saturated carbocycles. The van der Waals surface area contributed by atoms with Crippen LogP contribution in [0.5, 0.6) is 11.6 Å². The van der Waals surface area contributed by atoms with Gasteiger partial charge < -0.3 is 10.5 Å². The summed E-state index contributed by atoms with van der Waals surface area (Å²) in [6.45, 7) is 0.391. The third kappa shape index (κ3) is 3.14. The molecule has 0 aliphatic carbocycles. The number of ether oxygens (including phenoxy) is 1. The molecule has 0 aliphatic heterocycles. The number of hydrogen-bond acceptors (Lipinski definition) is 3. The number of benzene rings is 1. The van der Waals surface area contributed by atoms with E-state index < -0.39 is 0 Å². The van der Waals surface area contributed by atoms with Gasteiger partial charge in [-0.15, -0.1) is 0 Å². The zero-order valence-electron chi connectivity index (χ0n) is 9.16. The molecule has 0 amide bonds. The highest BCUT2D eigenvalue weighted by Crippen LogP contribution is 2.31. The lowest BCUT2D eigenvalue weighted by Gasteiger charge is -2.08. The number of nitrogens with zero attached hydrogens (tertiary/aromatic N) is 1. The first-order chi connectivity index (χ1) is 8.60. The monoisotopic (exact) mass is 346 g/mol. The Morgan fingerprint density at radius 2 is 2.06 bits per heavy atom. The lowest BCUT2D eigenvalue weighted by atomic mass is 10.2. The van der Waals surface area contributed by atoms with Crippen LogP contribution in [0.15, 0.2) is 34.9 Å². The second-order valence-corrected chi connectivity index (χ2v) is 5.20. The van der Waals surface area contributed by atoms with Gasteiger partial charge in [0, 0.05) is 17.8 Å². The minimum Gasteiger partial charge on any atom is -0.438 e. The molecule has 0 radical (unpaired) electrons. The Kier molecular flexibility index (Phi) is 4.45. The first-order valence-corrected chi connectivity index (χ1v) is 6.62. The highest BCUT2D eigenvalue weighted by atomic mass is 79.9. The van der Waals surface area contributed by atoms with Crippen molar-refractivity contribution in [3.05, 3.63) is 50.5 Å². The van der Waals surface area contributed by atoms with E-state index in [0.717, 1.165) is 5.56 Å². The summed E-state index contributed by atoms with van der Waals surface area (Å²) in [5, 5.41) is 1.10. The Morgan fingerprint density at radius 3 is 2.67 bits per heavy atom. The molecule has 1 aromatic heterocycles. The van der Waals surface area contributed by atoms with E-state index in [4.69, 9.17) is 33.7 Å². The van der Waals surface area contributed by atoms with Crippen LogP contribution in [0.25, 0.3) is 0 Å². The Morgan fingerprint density at radius 1 is 1.28 bits per heavy atom. The summed E-state index contributed by atoms with van der Waals surface area (Å²) in [6, 6.07) is 7.02. The first kappa shape index (κ1) is 13.6. The normalized spacial score (nSPS) is 10.4. The molecule has 2 aromatic rings. The topological polar surface area (TPSA) is 48.1 Å². The van der Waals surface area contributed by atoms with E-state index in [-0.39, 0.29) is 0 Å². The summed E-state index contributed by atoms with van der Waals surface area (Å²) < 4.78 is 6.28. The van der Waals surface area contributed by atoms with Gasteiger partial charge in [0.2, 0.25) is 5.88 Å². The van der Waals surface area contributed by atoms with E-state index >= 15 is 0 Å². The molecule has 3 nitrogen and oxygen atoms in total. The average molecular weight is 348 g/mol. The molecule has 0 unspecified atom stereocenters. The zero-order chi connectivity index (χ0) is 13.1. The predicted octanol–water partition coefficient (Wildman–Crippen LogP) is 4.40. The molecular formula is C12H9BrCl2N2O. The van der Waals surface area contributed by atoms with E-state index in [0.29, 0.717) is 32.7 Å². The number of halogens is 3. The molecular weight excluding hydrogens is 339 g/mol. The van der Waals surface area contributed by atoms with Crippen LogP contribution in [0.4, 0.5) is 0 Å². The minimum absolute atomic E-state index is 0.391. The van der Waals surface area contributed by atoms with Crippen LogP contribution in [-0.2, 0) is 6.54 Å². The fraction of sp³-hybridized carbons (Fsp3) is 0.0833. The van der Waals surface area contributed by atoms with Crippen LogP contribution < -0.4 is 10.5 Å². The van der Waals surface area contributed by atoms with Gasteiger partial charge in [-0.3, -0.25) is 0 Å². The quantitative estimate of drug-likeness (QED) is 0.894. The second-order valence-electron chi connectivity index (χ2n) is 3.50. The number of aromatic nitrogens is 1. The van der Waals surface area contributed by atoms with Gasteiger partial charge in [-0.25, -0.2) is 4.98 Å². The van der Waals surface area contributed by atoms with Gasteiger partial charge in [0.1, 0.15) is 5.75 Å². The molecule has 18 heavy (non-hydrogen) atoms. The van der Waals surface area contributed by atoms with Crippen molar-refractivity contribution >= 4 is 39.1 Å². The Balaban J connectivity index is 2.26. The summed E-state index contributed by atoms with van der Waals surface area (Å²) in [5.74, 6) is 1.02. The molecule has 0 atom stereocenters. The zero-order valence-corrected chi connectivity index (χ0v) is 12.3. The van der Waals surface area contributed by atoms with E-state index in [1.54, 1.807) is 18.2 Å². The van der Waals surface area contributed by atoms with E-state index in [9.17, 15) is 0 Å². The van der Waals surface area contributed by atoms with Crippen LogP contribution >= 0.6 is 39.1 Å². The van der Waals surface area contributed by atoms with Crippen molar-refractivity contribution in [2.75, 3.05) is 0 Å². The lowest BCUT2D eigenvalue weighted by Crippen LogP contribution is -1.97. The lowest BCUT2D eigenvalue weighted by molar-refractivity contribution is 0.459. The van der Waals surface area contributed by atoms with Gasteiger partial charge in [-0.2, -0.15) is 0 Å². The smallest absolute Gasteiger partial charge is 0.233 e. The van der Waals surface area contributed by atoms with Gasteiger partial charge >= 0.3 is 0 Å². The molecule has 0 saturated heterocycles. The van der Waals surface area contributed by atoms with Crippen LogP contribution in [0.3, 0.4) is 0 Å². The van der Waals surface area contributed by atoms with Crippen LogP contribution in [0, 0.1) is 0 Å². The summed E-state index contributed by atoms with van der Waals surface area (Å²) in [4.78, 5) is 4.08. The van der Waals surface area contributed by atoms with Crippen molar-refractivity contribution in [2.24, 2.45) is 5.73 Å². The highest BCUT2D eigenvalue weighted by Gasteiger charge is 2.07. The third-order valence-corrected chi connectivity index (χ3v) is 3.36. The number of nitrogens with two attached hydrogens (primary N) is 1. The van der Waals surface area contributed by atoms with E-state index in [2.05, 4.69) is 20.9 Å². The fourth-order valence-corrected chi connectivity index (χ4v) is 2.31. The maximum atomic E-state index is 6.05. The molecule has 2 N–H and O–H groups in total. The van der Waals surface area contributed by atoms with E-state index in [1.165, 1.54) is 6.20 Å².